The fourth-order valence-electron chi connectivity index (χ4n) is 1.95. The molecule has 1 aliphatic rings. The molecule has 92 valence electrons. The first-order chi connectivity index (χ1) is 8.16. The summed E-state index contributed by atoms with van der Waals surface area (Å²) in [6.45, 7) is 2.15. The molecular weight excluding hydrogens is 284 g/mol. The Labute approximate surface area is 109 Å². The standard InChI is InChI=1S/C12H15BrN2O2/c1-8-4-2-3-5-9(8)14-15-12(16)10-6-7-11(13)17-10/h6-8H,2-5H2,1H3,(H,15,16)/b14-9+/t8-/m0/s1. The van der Waals surface area contributed by atoms with Crippen LogP contribution >= 0.6 is 15.9 Å². The van der Waals surface area contributed by atoms with Crippen molar-refractivity contribution in [2.45, 2.75) is 32.6 Å². The molecule has 0 spiro atoms. The van der Waals surface area contributed by atoms with E-state index in [1.54, 1.807) is 12.1 Å². The minimum absolute atomic E-state index is 0.268. The summed E-state index contributed by atoms with van der Waals surface area (Å²) < 4.78 is 5.69. The minimum atomic E-state index is -0.305. The van der Waals surface area contributed by atoms with Gasteiger partial charge in [-0.3, -0.25) is 4.79 Å². The maximum absolute atomic E-state index is 11.7. The van der Waals surface area contributed by atoms with E-state index >= 15 is 0 Å². The predicted molar refractivity (Wildman–Crippen MR) is 68.9 cm³/mol. The van der Waals surface area contributed by atoms with Crippen LogP contribution in [0.15, 0.2) is 26.3 Å². The molecule has 1 aliphatic carbocycles. The van der Waals surface area contributed by atoms with Gasteiger partial charge in [-0.1, -0.05) is 13.3 Å². The quantitative estimate of drug-likeness (QED) is 0.852. The number of nitrogens with one attached hydrogen (secondary N) is 1. The first kappa shape index (κ1) is 12.4. The maximum atomic E-state index is 11.7. The van der Waals surface area contributed by atoms with Crippen molar-refractivity contribution in [1.29, 1.82) is 0 Å². The van der Waals surface area contributed by atoms with Crippen LogP contribution < -0.4 is 5.43 Å². The van der Waals surface area contributed by atoms with Gasteiger partial charge in [-0.15, -0.1) is 0 Å². The molecule has 1 aromatic rings. The molecule has 1 fully saturated rings. The topological polar surface area (TPSA) is 54.6 Å². The van der Waals surface area contributed by atoms with Gasteiger partial charge in [0.05, 0.1) is 0 Å². The second kappa shape index (κ2) is 5.49. The molecule has 1 saturated carbocycles. The van der Waals surface area contributed by atoms with Crippen molar-refractivity contribution in [2.75, 3.05) is 0 Å². The second-order valence-electron chi connectivity index (χ2n) is 4.29. The van der Waals surface area contributed by atoms with Crippen LogP contribution in [0, 0.1) is 5.92 Å². The summed E-state index contributed by atoms with van der Waals surface area (Å²) in [6, 6.07) is 3.30. The Hall–Kier alpha value is -1.10. The third-order valence-electron chi connectivity index (χ3n) is 2.99. The zero-order chi connectivity index (χ0) is 12.3. The lowest BCUT2D eigenvalue weighted by atomic mass is 9.89. The summed E-state index contributed by atoms with van der Waals surface area (Å²) in [5.74, 6) is 0.429. The highest BCUT2D eigenvalue weighted by Crippen LogP contribution is 2.20. The number of amides is 1. The second-order valence-corrected chi connectivity index (χ2v) is 5.08. The molecule has 1 atom stereocenters. The van der Waals surface area contributed by atoms with Gasteiger partial charge in [-0.2, -0.15) is 5.10 Å². The fraction of sp³-hybridized carbons (Fsp3) is 0.500. The third-order valence-corrected chi connectivity index (χ3v) is 3.41. The van der Waals surface area contributed by atoms with E-state index < -0.39 is 0 Å². The van der Waals surface area contributed by atoms with E-state index in [2.05, 4.69) is 33.4 Å². The van der Waals surface area contributed by atoms with Gasteiger partial charge in [-0.05, 0) is 53.2 Å². The van der Waals surface area contributed by atoms with Crippen molar-refractivity contribution in [3.8, 4) is 0 Å². The van der Waals surface area contributed by atoms with Gasteiger partial charge in [0.25, 0.3) is 0 Å². The number of hydrogen-bond acceptors (Lipinski definition) is 3. The lowest BCUT2D eigenvalue weighted by Gasteiger charge is -2.19. The Morgan fingerprint density at radius 1 is 1.53 bits per heavy atom. The molecule has 2 rings (SSSR count). The normalized spacial score (nSPS) is 22.7. The number of halogens is 1. The Kier molecular flexibility index (Phi) is 3.99. The van der Waals surface area contributed by atoms with Crippen LogP contribution in [0.3, 0.4) is 0 Å². The van der Waals surface area contributed by atoms with Crippen molar-refractivity contribution in [3.05, 3.63) is 22.6 Å². The summed E-state index contributed by atoms with van der Waals surface area (Å²) >= 11 is 3.16. The van der Waals surface area contributed by atoms with Gasteiger partial charge < -0.3 is 4.42 Å². The number of carbonyl (C=O) groups is 1. The summed E-state index contributed by atoms with van der Waals surface area (Å²) in [5, 5.41) is 4.19. The molecule has 17 heavy (non-hydrogen) atoms. The van der Waals surface area contributed by atoms with E-state index in [1.807, 2.05) is 0 Å². The van der Waals surface area contributed by atoms with Crippen LogP contribution in [-0.4, -0.2) is 11.6 Å². The largest absolute Gasteiger partial charge is 0.444 e. The zero-order valence-corrected chi connectivity index (χ0v) is 11.3. The highest BCUT2D eigenvalue weighted by Gasteiger charge is 2.17. The van der Waals surface area contributed by atoms with E-state index in [1.165, 1.54) is 6.42 Å². The summed E-state index contributed by atoms with van der Waals surface area (Å²) in [6.07, 6.45) is 4.54. The van der Waals surface area contributed by atoms with Crippen LogP contribution in [0.4, 0.5) is 0 Å². The Balaban J connectivity index is 1.97. The highest BCUT2D eigenvalue weighted by atomic mass is 79.9. The molecule has 1 amide bonds. The zero-order valence-electron chi connectivity index (χ0n) is 9.70. The molecule has 0 aliphatic heterocycles. The molecule has 0 unspecified atom stereocenters. The smallest absolute Gasteiger partial charge is 0.307 e. The lowest BCUT2D eigenvalue weighted by Crippen LogP contribution is -2.24. The average molecular weight is 299 g/mol. The molecule has 0 saturated heterocycles. The van der Waals surface area contributed by atoms with E-state index in [-0.39, 0.29) is 11.7 Å². The van der Waals surface area contributed by atoms with Crippen LogP contribution in [0.2, 0.25) is 0 Å². The van der Waals surface area contributed by atoms with Crippen LogP contribution in [0.1, 0.15) is 43.2 Å². The molecule has 4 nitrogen and oxygen atoms in total. The molecule has 1 N–H and O–H groups in total. The summed E-state index contributed by atoms with van der Waals surface area (Å²) in [7, 11) is 0. The number of furan rings is 1. The highest BCUT2D eigenvalue weighted by molar-refractivity contribution is 9.10. The number of rotatable bonds is 2. The lowest BCUT2D eigenvalue weighted by molar-refractivity contribution is 0.0925. The Bertz CT molecular complexity index is 439. The van der Waals surface area contributed by atoms with Gasteiger partial charge in [0.1, 0.15) is 0 Å². The molecule has 0 bridgehead atoms. The van der Waals surface area contributed by atoms with Gasteiger partial charge in [0.2, 0.25) is 0 Å². The Morgan fingerprint density at radius 2 is 2.35 bits per heavy atom. The van der Waals surface area contributed by atoms with Gasteiger partial charge in [0, 0.05) is 5.71 Å². The predicted octanol–water partition coefficient (Wildman–Crippen LogP) is 3.34. The molecule has 1 aromatic heterocycles. The SMILES string of the molecule is C[C@H]1CCCC/C1=N\NC(=O)c1ccc(Br)o1. The minimum Gasteiger partial charge on any atom is -0.444 e. The van der Waals surface area contributed by atoms with E-state index in [4.69, 9.17) is 4.42 Å². The summed E-state index contributed by atoms with van der Waals surface area (Å²) in [4.78, 5) is 11.7. The molecule has 0 radical (unpaired) electrons. The van der Waals surface area contributed by atoms with E-state index in [0.717, 1.165) is 25.0 Å². The van der Waals surface area contributed by atoms with Crippen molar-refractivity contribution in [2.24, 2.45) is 11.0 Å². The maximum Gasteiger partial charge on any atom is 0.307 e. The van der Waals surface area contributed by atoms with E-state index in [9.17, 15) is 4.79 Å². The molecule has 1 heterocycles. The Morgan fingerprint density at radius 3 is 3.00 bits per heavy atom. The van der Waals surface area contributed by atoms with E-state index in [0.29, 0.717) is 10.6 Å². The fourth-order valence-corrected chi connectivity index (χ4v) is 2.26. The first-order valence-electron chi connectivity index (χ1n) is 5.79. The van der Waals surface area contributed by atoms with Crippen molar-refractivity contribution < 1.29 is 9.21 Å². The molecular formula is C12H15BrN2O2. The van der Waals surface area contributed by atoms with Crippen molar-refractivity contribution in [1.82, 2.24) is 5.43 Å². The van der Waals surface area contributed by atoms with Gasteiger partial charge >= 0.3 is 5.91 Å². The third kappa shape index (κ3) is 3.19. The van der Waals surface area contributed by atoms with Crippen LogP contribution in [-0.2, 0) is 0 Å². The summed E-state index contributed by atoms with van der Waals surface area (Å²) in [5.41, 5.74) is 3.63. The van der Waals surface area contributed by atoms with Gasteiger partial charge in [-0.25, -0.2) is 5.43 Å². The number of carbonyl (C=O) groups excluding carboxylic acids is 1. The van der Waals surface area contributed by atoms with Crippen LogP contribution in [0.5, 0.6) is 0 Å². The molecule has 5 heteroatoms. The monoisotopic (exact) mass is 298 g/mol. The number of nitrogens with zero attached hydrogens (tertiary/aromatic N) is 1. The number of hydrazone groups is 1. The number of hydrogen-bond donors (Lipinski definition) is 1. The van der Waals surface area contributed by atoms with Gasteiger partial charge in [0.15, 0.2) is 10.4 Å². The average Bonchev–Trinajstić information content (AvgIpc) is 2.74. The van der Waals surface area contributed by atoms with Crippen LogP contribution in [0.25, 0.3) is 0 Å². The van der Waals surface area contributed by atoms with Crippen molar-refractivity contribution in [3.63, 3.8) is 0 Å². The first-order valence-corrected chi connectivity index (χ1v) is 6.58. The molecule has 0 aromatic carbocycles. The van der Waals surface area contributed by atoms with Crippen molar-refractivity contribution >= 4 is 27.5 Å².